The van der Waals surface area contributed by atoms with Crippen molar-refractivity contribution < 1.29 is 14.6 Å². The molecule has 0 aliphatic heterocycles. The molecular formula is C23H27Br3N2O3. The van der Waals surface area contributed by atoms with Gasteiger partial charge in [-0.15, -0.1) is 0 Å². The molecule has 31 heavy (non-hydrogen) atoms. The number of rotatable bonds is 7. The van der Waals surface area contributed by atoms with Crippen molar-refractivity contribution in [2.75, 3.05) is 6.61 Å². The monoisotopic (exact) mass is 616 g/mol. The van der Waals surface area contributed by atoms with Gasteiger partial charge in [-0.3, -0.25) is 4.79 Å². The van der Waals surface area contributed by atoms with Crippen molar-refractivity contribution >= 4 is 59.9 Å². The lowest BCUT2D eigenvalue weighted by atomic mass is 9.72. The SMILES string of the molecule is CC(C)(C)CC(C)(C)c1ccc(OCC(=O)N/N=C\c2c(Br)cc(Br)c(O)c2Br)cc1. The highest BCUT2D eigenvalue weighted by Gasteiger charge is 2.27. The fourth-order valence-electron chi connectivity index (χ4n) is 3.49. The molecule has 0 saturated heterocycles. The summed E-state index contributed by atoms with van der Waals surface area (Å²) in [6, 6.07) is 9.56. The summed E-state index contributed by atoms with van der Waals surface area (Å²) in [6.07, 6.45) is 2.49. The standard InChI is InChI=1S/C23H27Br3N2O3/c1-22(2,3)13-23(4,5)14-6-8-15(9-7-14)31-12-19(29)28-27-11-16-17(24)10-18(25)21(30)20(16)26/h6-11,30H,12-13H2,1-5H3,(H,28,29)/b27-11-. The maximum Gasteiger partial charge on any atom is 0.277 e. The van der Waals surface area contributed by atoms with Crippen LogP contribution in [0.15, 0.2) is 48.9 Å². The van der Waals surface area contributed by atoms with Crippen LogP contribution in [0.2, 0.25) is 0 Å². The molecular weight excluding hydrogens is 592 g/mol. The molecule has 2 aromatic carbocycles. The van der Waals surface area contributed by atoms with E-state index in [1.807, 2.05) is 24.3 Å². The zero-order chi connectivity index (χ0) is 23.4. The normalized spacial score (nSPS) is 12.3. The fourth-order valence-corrected chi connectivity index (χ4v) is 5.82. The van der Waals surface area contributed by atoms with Gasteiger partial charge in [-0.25, -0.2) is 5.43 Å². The van der Waals surface area contributed by atoms with Gasteiger partial charge in [-0.05, 0) is 72.9 Å². The van der Waals surface area contributed by atoms with Crippen LogP contribution in [0.3, 0.4) is 0 Å². The molecule has 0 aliphatic carbocycles. The second-order valence-corrected chi connectivity index (χ2v) is 11.6. The second kappa shape index (κ2) is 10.5. The van der Waals surface area contributed by atoms with Crippen molar-refractivity contribution in [1.29, 1.82) is 0 Å². The molecule has 2 rings (SSSR count). The van der Waals surface area contributed by atoms with Crippen LogP contribution < -0.4 is 10.2 Å². The number of nitrogens with one attached hydrogen (secondary N) is 1. The molecule has 168 valence electrons. The van der Waals surface area contributed by atoms with Gasteiger partial charge in [-0.1, -0.05) is 62.7 Å². The van der Waals surface area contributed by atoms with Crippen molar-refractivity contribution in [2.24, 2.45) is 10.5 Å². The van der Waals surface area contributed by atoms with E-state index in [0.717, 1.165) is 6.42 Å². The molecule has 0 saturated carbocycles. The molecule has 5 nitrogen and oxygen atoms in total. The van der Waals surface area contributed by atoms with Gasteiger partial charge in [0.05, 0.1) is 15.2 Å². The van der Waals surface area contributed by atoms with E-state index >= 15 is 0 Å². The van der Waals surface area contributed by atoms with Crippen molar-refractivity contribution in [1.82, 2.24) is 5.43 Å². The van der Waals surface area contributed by atoms with Crippen LogP contribution >= 0.6 is 47.8 Å². The third-order valence-corrected chi connectivity index (χ3v) is 6.61. The molecule has 0 heterocycles. The number of hydrogen-bond donors (Lipinski definition) is 2. The first kappa shape index (κ1) is 25.9. The van der Waals surface area contributed by atoms with Gasteiger partial charge in [0.15, 0.2) is 6.61 Å². The van der Waals surface area contributed by atoms with Gasteiger partial charge in [0.2, 0.25) is 0 Å². The van der Waals surface area contributed by atoms with E-state index in [1.165, 1.54) is 11.8 Å². The molecule has 0 aromatic heterocycles. The van der Waals surface area contributed by atoms with Crippen LogP contribution in [0.1, 0.15) is 52.2 Å². The lowest BCUT2D eigenvalue weighted by molar-refractivity contribution is -0.123. The largest absolute Gasteiger partial charge is 0.506 e. The smallest absolute Gasteiger partial charge is 0.277 e. The summed E-state index contributed by atoms with van der Waals surface area (Å²) in [7, 11) is 0. The second-order valence-electron chi connectivity index (χ2n) is 9.14. The number of carbonyl (C=O) groups is 1. The molecule has 0 aliphatic rings. The minimum atomic E-state index is -0.387. The Morgan fingerprint density at radius 1 is 1.10 bits per heavy atom. The van der Waals surface area contributed by atoms with E-state index in [0.29, 0.717) is 24.7 Å². The Morgan fingerprint density at radius 3 is 2.29 bits per heavy atom. The molecule has 0 bridgehead atoms. The number of phenols is 1. The van der Waals surface area contributed by atoms with Crippen LogP contribution in [-0.4, -0.2) is 23.8 Å². The van der Waals surface area contributed by atoms with Crippen molar-refractivity contribution in [3.8, 4) is 11.5 Å². The zero-order valence-corrected chi connectivity index (χ0v) is 23.0. The Labute approximate surface area is 209 Å². The van der Waals surface area contributed by atoms with Crippen molar-refractivity contribution in [2.45, 2.75) is 46.5 Å². The molecule has 8 heteroatoms. The van der Waals surface area contributed by atoms with Crippen molar-refractivity contribution in [3.05, 3.63) is 54.9 Å². The summed E-state index contributed by atoms with van der Waals surface area (Å²) in [5.74, 6) is 0.285. The van der Waals surface area contributed by atoms with Crippen molar-refractivity contribution in [3.63, 3.8) is 0 Å². The average molecular weight is 619 g/mol. The van der Waals surface area contributed by atoms with Crippen LogP contribution in [0.25, 0.3) is 0 Å². The maximum atomic E-state index is 12.1. The van der Waals surface area contributed by atoms with E-state index in [1.54, 1.807) is 6.07 Å². The Bertz CT molecular complexity index is 966. The lowest BCUT2D eigenvalue weighted by Gasteiger charge is -2.33. The van der Waals surface area contributed by atoms with Gasteiger partial charge >= 0.3 is 0 Å². The van der Waals surface area contributed by atoms with Crippen LogP contribution in [0, 0.1) is 5.41 Å². The third-order valence-electron chi connectivity index (χ3n) is 4.54. The number of hydrogen-bond acceptors (Lipinski definition) is 4. The summed E-state index contributed by atoms with van der Waals surface area (Å²) in [4.78, 5) is 12.1. The number of aromatic hydroxyl groups is 1. The molecule has 2 N–H and O–H groups in total. The molecule has 0 fully saturated rings. The van der Waals surface area contributed by atoms with Gasteiger partial charge in [0.25, 0.3) is 5.91 Å². The molecule has 1 amide bonds. The third kappa shape index (κ3) is 7.61. The van der Waals surface area contributed by atoms with E-state index in [4.69, 9.17) is 4.74 Å². The minimum absolute atomic E-state index is 0.0485. The average Bonchev–Trinajstić information content (AvgIpc) is 2.66. The maximum absolute atomic E-state index is 12.1. The number of benzene rings is 2. The van der Waals surface area contributed by atoms with Gasteiger partial charge < -0.3 is 9.84 Å². The summed E-state index contributed by atoms with van der Waals surface area (Å²) >= 11 is 9.96. The number of amides is 1. The number of hydrazone groups is 1. The number of halogens is 3. The summed E-state index contributed by atoms with van der Waals surface area (Å²) in [6.45, 7) is 11.0. The number of nitrogens with zero attached hydrogens (tertiary/aromatic N) is 1. The number of ether oxygens (including phenoxy) is 1. The Hall–Kier alpha value is -1.38. The lowest BCUT2D eigenvalue weighted by Crippen LogP contribution is -2.25. The van der Waals surface area contributed by atoms with Crippen LogP contribution in [0.5, 0.6) is 11.5 Å². The van der Waals surface area contributed by atoms with Crippen LogP contribution in [-0.2, 0) is 10.2 Å². The first-order chi connectivity index (χ1) is 14.3. The van der Waals surface area contributed by atoms with E-state index < -0.39 is 0 Å². The highest BCUT2D eigenvalue weighted by molar-refractivity contribution is 9.11. The number of carbonyl (C=O) groups excluding carboxylic acids is 1. The van der Waals surface area contributed by atoms with Crippen LogP contribution in [0.4, 0.5) is 0 Å². The van der Waals surface area contributed by atoms with E-state index in [9.17, 15) is 9.90 Å². The molecule has 0 spiro atoms. The Kier molecular flexibility index (Phi) is 8.76. The molecule has 0 atom stereocenters. The first-order valence-electron chi connectivity index (χ1n) is 9.72. The molecule has 0 unspecified atom stereocenters. The quantitative estimate of drug-likeness (QED) is 0.261. The summed E-state index contributed by atoms with van der Waals surface area (Å²) < 4.78 is 7.26. The van der Waals surface area contributed by atoms with Gasteiger partial charge in [0, 0.05) is 10.0 Å². The zero-order valence-electron chi connectivity index (χ0n) is 18.2. The number of phenolic OH excluding ortho intramolecular Hbond substituents is 1. The Morgan fingerprint density at radius 2 is 1.71 bits per heavy atom. The van der Waals surface area contributed by atoms with E-state index in [-0.39, 0.29) is 29.1 Å². The topological polar surface area (TPSA) is 70.9 Å². The summed E-state index contributed by atoms with van der Waals surface area (Å²) in [5, 5.41) is 13.9. The molecule has 0 radical (unpaired) electrons. The Balaban J connectivity index is 1.92. The predicted octanol–water partition coefficient (Wildman–Crippen LogP) is 6.92. The first-order valence-corrected chi connectivity index (χ1v) is 12.1. The fraction of sp³-hybridized carbons (Fsp3) is 0.391. The predicted molar refractivity (Wildman–Crippen MR) is 136 cm³/mol. The molecule has 2 aromatic rings. The van der Waals surface area contributed by atoms with Gasteiger partial charge in [0.1, 0.15) is 11.5 Å². The van der Waals surface area contributed by atoms with E-state index in [2.05, 4.69) is 92.9 Å². The van der Waals surface area contributed by atoms with Gasteiger partial charge in [-0.2, -0.15) is 5.10 Å². The highest BCUT2D eigenvalue weighted by atomic mass is 79.9. The minimum Gasteiger partial charge on any atom is -0.506 e. The highest BCUT2D eigenvalue weighted by Crippen LogP contribution is 2.38. The summed E-state index contributed by atoms with van der Waals surface area (Å²) in [5.41, 5.74) is 4.53.